The minimum Gasteiger partial charge on any atom is -0.357 e. The van der Waals surface area contributed by atoms with Gasteiger partial charge in [0.1, 0.15) is 0 Å². The highest BCUT2D eigenvalue weighted by Crippen LogP contribution is 2.15. The Morgan fingerprint density at radius 2 is 2.04 bits per heavy atom. The van der Waals surface area contributed by atoms with Crippen LogP contribution in [0.15, 0.2) is 35.3 Å². The Labute approximate surface area is 168 Å². The SMILES string of the molecule is CCNC(=NCc1ccccc1)NCCC(=O)N1CCCC(C)C1.I. The number of likely N-dealkylation sites (tertiary alicyclic amines) is 1. The zero-order valence-electron chi connectivity index (χ0n) is 15.3. The van der Waals surface area contributed by atoms with Crippen molar-refractivity contribution in [3.05, 3.63) is 35.9 Å². The van der Waals surface area contributed by atoms with Gasteiger partial charge in [0, 0.05) is 32.6 Å². The highest BCUT2D eigenvalue weighted by molar-refractivity contribution is 14.0. The van der Waals surface area contributed by atoms with Crippen LogP contribution >= 0.6 is 24.0 Å². The third kappa shape index (κ3) is 8.07. The fourth-order valence-corrected chi connectivity index (χ4v) is 2.96. The molecule has 1 saturated heterocycles. The average Bonchev–Trinajstić information content (AvgIpc) is 2.60. The second-order valence-corrected chi connectivity index (χ2v) is 6.44. The van der Waals surface area contributed by atoms with E-state index in [9.17, 15) is 4.79 Å². The van der Waals surface area contributed by atoms with E-state index in [1.807, 2.05) is 30.0 Å². The van der Waals surface area contributed by atoms with Gasteiger partial charge in [0.15, 0.2) is 5.96 Å². The molecule has 1 aromatic rings. The normalized spacial score (nSPS) is 17.6. The second kappa shape index (κ2) is 12.1. The number of benzene rings is 1. The molecule has 0 aliphatic carbocycles. The fourth-order valence-electron chi connectivity index (χ4n) is 2.96. The minimum atomic E-state index is 0. The first-order chi connectivity index (χ1) is 11.7. The summed E-state index contributed by atoms with van der Waals surface area (Å²) in [7, 11) is 0. The van der Waals surface area contributed by atoms with Crippen LogP contribution in [0.4, 0.5) is 0 Å². The summed E-state index contributed by atoms with van der Waals surface area (Å²) in [6.07, 6.45) is 2.88. The molecule has 1 fully saturated rings. The number of nitrogens with zero attached hydrogens (tertiary/aromatic N) is 2. The molecular formula is C19H31IN4O. The Hall–Kier alpha value is -1.31. The predicted octanol–water partition coefficient (Wildman–Crippen LogP) is 3.01. The molecule has 1 amide bonds. The molecule has 2 N–H and O–H groups in total. The first-order valence-electron chi connectivity index (χ1n) is 9.03. The lowest BCUT2D eigenvalue weighted by Gasteiger charge is -2.31. The van der Waals surface area contributed by atoms with Gasteiger partial charge in [-0.3, -0.25) is 4.79 Å². The lowest BCUT2D eigenvalue weighted by Crippen LogP contribution is -2.42. The van der Waals surface area contributed by atoms with E-state index >= 15 is 0 Å². The number of amides is 1. The van der Waals surface area contributed by atoms with Crippen LogP contribution in [0.5, 0.6) is 0 Å². The van der Waals surface area contributed by atoms with Gasteiger partial charge in [0.05, 0.1) is 6.54 Å². The molecule has 0 radical (unpaired) electrons. The number of hydrogen-bond acceptors (Lipinski definition) is 2. The zero-order valence-corrected chi connectivity index (χ0v) is 17.7. The van der Waals surface area contributed by atoms with Crippen LogP contribution in [0.1, 0.15) is 38.7 Å². The maximum Gasteiger partial charge on any atom is 0.224 e. The molecule has 0 aromatic heterocycles. The molecule has 0 spiro atoms. The quantitative estimate of drug-likeness (QED) is 0.392. The van der Waals surface area contributed by atoms with Crippen LogP contribution in [0.3, 0.4) is 0 Å². The summed E-state index contributed by atoms with van der Waals surface area (Å²) < 4.78 is 0. The lowest BCUT2D eigenvalue weighted by atomic mass is 10.00. The van der Waals surface area contributed by atoms with Crippen LogP contribution in [0.2, 0.25) is 0 Å². The van der Waals surface area contributed by atoms with Crippen molar-refractivity contribution in [3.63, 3.8) is 0 Å². The maximum atomic E-state index is 12.3. The van der Waals surface area contributed by atoms with Crippen molar-refractivity contribution < 1.29 is 4.79 Å². The molecule has 1 heterocycles. The summed E-state index contributed by atoms with van der Waals surface area (Å²) in [4.78, 5) is 18.9. The Balaban J connectivity index is 0.00000312. The Morgan fingerprint density at radius 3 is 2.72 bits per heavy atom. The standard InChI is InChI=1S/C19H30N4O.HI/c1-3-20-19(22-14-17-9-5-4-6-10-17)21-12-11-18(24)23-13-7-8-16(2)15-23;/h4-6,9-10,16H,3,7-8,11-15H2,1-2H3,(H2,20,21,22);1H. The molecule has 0 bridgehead atoms. The van der Waals surface area contributed by atoms with Gasteiger partial charge in [-0.1, -0.05) is 37.3 Å². The predicted molar refractivity (Wildman–Crippen MR) is 114 cm³/mol. The number of piperidine rings is 1. The molecule has 1 aliphatic heterocycles. The van der Waals surface area contributed by atoms with Gasteiger partial charge >= 0.3 is 0 Å². The van der Waals surface area contributed by atoms with E-state index < -0.39 is 0 Å². The van der Waals surface area contributed by atoms with Crippen molar-refractivity contribution in [1.82, 2.24) is 15.5 Å². The number of guanidine groups is 1. The average molecular weight is 458 g/mol. The molecule has 1 aliphatic rings. The Morgan fingerprint density at radius 1 is 1.28 bits per heavy atom. The van der Waals surface area contributed by atoms with E-state index in [2.05, 4.69) is 34.7 Å². The molecule has 6 heteroatoms. The van der Waals surface area contributed by atoms with E-state index in [1.165, 1.54) is 12.0 Å². The number of hydrogen-bond donors (Lipinski definition) is 2. The first kappa shape index (κ1) is 21.7. The molecular weight excluding hydrogens is 427 g/mol. The van der Waals surface area contributed by atoms with Gasteiger partial charge in [-0.15, -0.1) is 24.0 Å². The molecule has 0 saturated carbocycles. The number of carbonyl (C=O) groups is 1. The number of aliphatic imine (C=N–C) groups is 1. The minimum absolute atomic E-state index is 0. The zero-order chi connectivity index (χ0) is 17.2. The van der Waals surface area contributed by atoms with E-state index in [1.54, 1.807) is 0 Å². The summed E-state index contributed by atoms with van der Waals surface area (Å²) >= 11 is 0. The Kier molecular flexibility index (Phi) is 10.5. The second-order valence-electron chi connectivity index (χ2n) is 6.44. The van der Waals surface area contributed by atoms with Crippen molar-refractivity contribution in [2.45, 2.75) is 39.7 Å². The molecule has 1 atom stereocenters. The molecule has 2 rings (SSSR count). The van der Waals surface area contributed by atoms with Crippen molar-refractivity contribution >= 4 is 35.8 Å². The number of rotatable bonds is 6. The number of halogens is 1. The molecule has 25 heavy (non-hydrogen) atoms. The van der Waals surface area contributed by atoms with Gasteiger partial charge in [-0.05, 0) is 31.2 Å². The number of nitrogens with one attached hydrogen (secondary N) is 2. The lowest BCUT2D eigenvalue weighted by molar-refractivity contribution is -0.132. The van der Waals surface area contributed by atoms with Crippen molar-refractivity contribution in [2.75, 3.05) is 26.2 Å². The maximum absolute atomic E-state index is 12.3. The van der Waals surface area contributed by atoms with Crippen LogP contribution in [-0.2, 0) is 11.3 Å². The summed E-state index contributed by atoms with van der Waals surface area (Å²) in [5.41, 5.74) is 1.17. The van der Waals surface area contributed by atoms with Gasteiger partial charge < -0.3 is 15.5 Å². The third-order valence-electron chi connectivity index (χ3n) is 4.25. The fraction of sp³-hybridized carbons (Fsp3) is 0.579. The largest absolute Gasteiger partial charge is 0.357 e. The van der Waals surface area contributed by atoms with E-state index in [0.29, 0.717) is 25.4 Å². The summed E-state index contributed by atoms with van der Waals surface area (Å²) in [6, 6.07) is 10.2. The molecule has 140 valence electrons. The molecule has 5 nitrogen and oxygen atoms in total. The van der Waals surface area contributed by atoms with Crippen LogP contribution in [0.25, 0.3) is 0 Å². The van der Waals surface area contributed by atoms with E-state index in [4.69, 9.17) is 0 Å². The summed E-state index contributed by atoms with van der Waals surface area (Å²) in [5, 5.41) is 6.49. The highest BCUT2D eigenvalue weighted by Gasteiger charge is 2.20. The van der Waals surface area contributed by atoms with Crippen LogP contribution < -0.4 is 10.6 Å². The highest BCUT2D eigenvalue weighted by atomic mass is 127. The van der Waals surface area contributed by atoms with Crippen molar-refractivity contribution in [3.8, 4) is 0 Å². The van der Waals surface area contributed by atoms with Gasteiger partial charge in [0.2, 0.25) is 5.91 Å². The number of carbonyl (C=O) groups excluding carboxylic acids is 1. The first-order valence-corrected chi connectivity index (χ1v) is 9.03. The van der Waals surface area contributed by atoms with Gasteiger partial charge in [-0.25, -0.2) is 4.99 Å². The van der Waals surface area contributed by atoms with Crippen molar-refractivity contribution in [2.24, 2.45) is 10.9 Å². The van der Waals surface area contributed by atoms with E-state index in [0.717, 1.165) is 32.0 Å². The van der Waals surface area contributed by atoms with Gasteiger partial charge in [-0.2, -0.15) is 0 Å². The van der Waals surface area contributed by atoms with Crippen molar-refractivity contribution in [1.29, 1.82) is 0 Å². The summed E-state index contributed by atoms with van der Waals surface area (Å²) in [5.74, 6) is 1.63. The van der Waals surface area contributed by atoms with Crippen LogP contribution in [-0.4, -0.2) is 42.9 Å². The molecule has 1 aromatic carbocycles. The van der Waals surface area contributed by atoms with Crippen LogP contribution in [0, 0.1) is 5.92 Å². The van der Waals surface area contributed by atoms with Gasteiger partial charge in [0.25, 0.3) is 0 Å². The molecule has 1 unspecified atom stereocenters. The topological polar surface area (TPSA) is 56.7 Å². The monoisotopic (exact) mass is 458 g/mol. The third-order valence-corrected chi connectivity index (χ3v) is 4.25. The summed E-state index contributed by atoms with van der Waals surface area (Å²) in [6.45, 7) is 8.12. The van der Waals surface area contributed by atoms with E-state index in [-0.39, 0.29) is 29.9 Å². The smallest absolute Gasteiger partial charge is 0.224 e. The Bertz CT molecular complexity index is 535.